The fourth-order valence-electron chi connectivity index (χ4n) is 2.78. The highest BCUT2D eigenvalue weighted by Crippen LogP contribution is 2.16. The lowest BCUT2D eigenvalue weighted by molar-refractivity contribution is -0.116. The molecule has 134 valence electrons. The number of nitrogens with one attached hydrogen (secondary N) is 1. The number of carbonyl (C=O) groups excluding carboxylic acids is 1. The van der Waals surface area contributed by atoms with Crippen molar-refractivity contribution < 1.29 is 9.21 Å². The second-order valence-electron chi connectivity index (χ2n) is 6.36. The van der Waals surface area contributed by atoms with E-state index in [1.54, 1.807) is 12.3 Å². The third-order valence-corrected chi connectivity index (χ3v) is 4.31. The maximum atomic E-state index is 12.0. The highest BCUT2D eigenvalue weighted by atomic mass is 16.3. The summed E-state index contributed by atoms with van der Waals surface area (Å²) in [6.07, 6.45) is 4.95. The molecule has 0 fully saturated rings. The van der Waals surface area contributed by atoms with E-state index in [9.17, 15) is 4.79 Å². The first-order valence-corrected chi connectivity index (χ1v) is 8.61. The first-order valence-electron chi connectivity index (χ1n) is 8.61. The molecular formula is C21H23N3O2. The summed E-state index contributed by atoms with van der Waals surface area (Å²) >= 11 is 0. The molecule has 0 aliphatic carbocycles. The average molecular weight is 349 g/mol. The molecule has 26 heavy (non-hydrogen) atoms. The summed E-state index contributed by atoms with van der Waals surface area (Å²) in [4.78, 5) is 12.0. The molecule has 5 nitrogen and oxygen atoms in total. The number of nitrogens with zero attached hydrogens (tertiary/aromatic N) is 2. The summed E-state index contributed by atoms with van der Waals surface area (Å²) < 4.78 is 7.17. The Kier molecular flexibility index (Phi) is 5.37. The molecule has 1 N–H and O–H groups in total. The Morgan fingerprint density at radius 3 is 2.65 bits per heavy atom. The van der Waals surface area contributed by atoms with Crippen LogP contribution in [0.15, 0.2) is 53.2 Å². The summed E-state index contributed by atoms with van der Waals surface area (Å²) in [5.41, 5.74) is 5.37. The van der Waals surface area contributed by atoms with Crippen molar-refractivity contribution in [1.29, 1.82) is 0 Å². The molecule has 0 radical (unpaired) electrons. The molecule has 0 atom stereocenters. The summed E-state index contributed by atoms with van der Waals surface area (Å²) in [7, 11) is 0. The molecule has 1 amide bonds. The van der Waals surface area contributed by atoms with Gasteiger partial charge in [0.15, 0.2) is 0 Å². The molecule has 1 aromatic carbocycles. The first-order chi connectivity index (χ1) is 12.5. The predicted molar refractivity (Wildman–Crippen MR) is 102 cm³/mol. The van der Waals surface area contributed by atoms with Crippen LogP contribution in [0.25, 0.3) is 6.08 Å². The van der Waals surface area contributed by atoms with E-state index in [1.165, 1.54) is 17.2 Å². The minimum Gasteiger partial charge on any atom is -0.467 e. The van der Waals surface area contributed by atoms with Crippen LogP contribution in [0.3, 0.4) is 0 Å². The van der Waals surface area contributed by atoms with Gasteiger partial charge in [-0.1, -0.05) is 29.8 Å². The van der Waals surface area contributed by atoms with Gasteiger partial charge in [-0.3, -0.25) is 9.48 Å². The number of aromatic nitrogens is 2. The Morgan fingerprint density at radius 1 is 1.19 bits per heavy atom. The van der Waals surface area contributed by atoms with E-state index in [0.29, 0.717) is 13.1 Å². The number of carbonyl (C=O) groups is 1. The Balaban J connectivity index is 1.67. The fraction of sp³-hybridized carbons (Fsp3) is 0.238. The second kappa shape index (κ2) is 7.87. The van der Waals surface area contributed by atoms with Crippen molar-refractivity contribution in [3.8, 4) is 0 Å². The number of rotatable bonds is 6. The van der Waals surface area contributed by atoms with Crippen LogP contribution in [0.1, 0.15) is 33.8 Å². The van der Waals surface area contributed by atoms with Crippen molar-refractivity contribution in [2.75, 3.05) is 0 Å². The molecule has 2 aromatic heterocycles. The molecule has 0 saturated carbocycles. The molecule has 3 rings (SSSR count). The molecule has 2 heterocycles. The second-order valence-corrected chi connectivity index (χ2v) is 6.36. The number of hydrogen-bond acceptors (Lipinski definition) is 3. The Hall–Kier alpha value is -3.08. The topological polar surface area (TPSA) is 60.1 Å². The van der Waals surface area contributed by atoms with Crippen LogP contribution >= 0.6 is 0 Å². The van der Waals surface area contributed by atoms with Gasteiger partial charge in [-0.25, -0.2) is 0 Å². The van der Waals surface area contributed by atoms with E-state index in [1.807, 2.05) is 30.7 Å². The van der Waals surface area contributed by atoms with Crippen LogP contribution < -0.4 is 5.32 Å². The largest absolute Gasteiger partial charge is 0.467 e. The molecule has 0 aliphatic rings. The highest BCUT2D eigenvalue weighted by Gasteiger charge is 2.10. The smallest absolute Gasteiger partial charge is 0.244 e. The van der Waals surface area contributed by atoms with E-state index in [0.717, 1.165) is 22.7 Å². The Morgan fingerprint density at radius 2 is 1.96 bits per heavy atom. The molecule has 0 saturated heterocycles. The lowest BCUT2D eigenvalue weighted by atomic mass is 10.1. The normalized spacial score (nSPS) is 11.2. The lowest BCUT2D eigenvalue weighted by Crippen LogP contribution is -2.19. The predicted octanol–water partition coefficient (Wildman–Crippen LogP) is 3.78. The quantitative estimate of drug-likeness (QED) is 0.689. The SMILES string of the molecule is Cc1ccc(Cn2nc(C)c(/C=C/C(=O)NCc3ccco3)c2C)cc1. The molecule has 0 bridgehead atoms. The number of aryl methyl sites for hydroxylation is 2. The maximum absolute atomic E-state index is 12.0. The van der Waals surface area contributed by atoms with Crippen LogP contribution in [-0.2, 0) is 17.9 Å². The number of amides is 1. The maximum Gasteiger partial charge on any atom is 0.244 e. The van der Waals surface area contributed by atoms with Crippen LogP contribution in [0.2, 0.25) is 0 Å². The highest BCUT2D eigenvalue weighted by molar-refractivity contribution is 5.91. The summed E-state index contributed by atoms with van der Waals surface area (Å²) in [6, 6.07) is 12.1. The number of furan rings is 1. The minimum absolute atomic E-state index is 0.161. The van der Waals surface area contributed by atoms with Gasteiger partial charge in [-0.05, 0) is 44.5 Å². The van der Waals surface area contributed by atoms with Gasteiger partial charge in [0.1, 0.15) is 5.76 Å². The zero-order chi connectivity index (χ0) is 18.5. The van der Waals surface area contributed by atoms with E-state index in [2.05, 4.69) is 41.6 Å². The van der Waals surface area contributed by atoms with E-state index < -0.39 is 0 Å². The zero-order valence-electron chi connectivity index (χ0n) is 15.3. The molecule has 0 spiro atoms. The average Bonchev–Trinajstić information content (AvgIpc) is 3.23. The number of hydrogen-bond donors (Lipinski definition) is 1. The third kappa shape index (κ3) is 4.30. The summed E-state index contributed by atoms with van der Waals surface area (Å²) in [6.45, 7) is 7.15. The van der Waals surface area contributed by atoms with Gasteiger partial charge >= 0.3 is 0 Å². The minimum atomic E-state index is -0.161. The first kappa shape index (κ1) is 17.7. The van der Waals surface area contributed by atoms with Gasteiger partial charge in [0.05, 0.1) is 25.0 Å². The van der Waals surface area contributed by atoms with Crippen molar-refractivity contribution in [3.63, 3.8) is 0 Å². The van der Waals surface area contributed by atoms with Crippen molar-refractivity contribution >= 4 is 12.0 Å². The van der Waals surface area contributed by atoms with Gasteiger partial charge in [-0.2, -0.15) is 5.10 Å². The standard InChI is InChI=1S/C21H23N3O2/c1-15-6-8-18(9-7-15)14-24-17(3)20(16(2)23-24)10-11-21(25)22-13-19-5-4-12-26-19/h4-12H,13-14H2,1-3H3,(H,22,25)/b11-10+. The third-order valence-electron chi connectivity index (χ3n) is 4.31. The molecular weight excluding hydrogens is 326 g/mol. The van der Waals surface area contributed by atoms with Crippen LogP contribution in [-0.4, -0.2) is 15.7 Å². The van der Waals surface area contributed by atoms with Crippen LogP contribution in [0, 0.1) is 20.8 Å². The van der Waals surface area contributed by atoms with Crippen molar-refractivity contribution in [2.24, 2.45) is 0 Å². The molecule has 5 heteroatoms. The van der Waals surface area contributed by atoms with Gasteiger partial charge < -0.3 is 9.73 Å². The Bertz CT molecular complexity index is 904. The van der Waals surface area contributed by atoms with Crippen LogP contribution in [0.4, 0.5) is 0 Å². The van der Waals surface area contributed by atoms with Gasteiger partial charge in [0.25, 0.3) is 0 Å². The van der Waals surface area contributed by atoms with E-state index in [-0.39, 0.29) is 5.91 Å². The van der Waals surface area contributed by atoms with Crippen molar-refractivity contribution in [3.05, 3.63) is 82.6 Å². The lowest BCUT2D eigenvalue weighted by Gasteiger charge is -2.05. The summed E-state index contributed by atoms with van der Waals surface area (Å²) in [5, 5.41) is 7.41. The van der Waals surface area contributed by atoms with Gasteiger partial charge in [-0.15, -0.1) is 0 Å². The van der Waals surface area contributed by atoms with Crippen molar-refractivity contribution in [2.45, 2.75) is 33.9 Å². The molecule has 0 aliphatic heterocycles. The number of benzene rings is 1. The van der Waals surface area contributed by atoms with Gasteiger partial charge in [0, 0.05) is 17.3 Å². The molecule has 3 aromatic rings. The zero-order valence-corrected chi connectivity index (χ0v) is 15.3. The van der Waals surface area contributed by atoms with E-state index in [4.69, 9.17) is 4.42 Å². The summed E-state index contributed by atoms with van der Waals surface area (Å²) in [5.74, 6) is 0.566. The fourth-order valence-corrected chi connectivity index (χ4v) is 2.78. The molecule has 0 unspecified atom stereocenters. The van der Waals surface area contributed by atoms with Crippen LogP contribution in [0.5, 0.6) is 0 Å². The van der Waals surface area contributed by atoms with E-state index >= 15 is 0 Å². The Labute approximate surface area is 153 Å². The monoisotopic (exact) mass is 349 g/mol. The van der Waals surface area contributed by atoms with Crippen molar-refractivity contribution in [1.82, 2.24) is 15.1 Å². The van der Waals surface area contributed by atoms with Gasteiger partial charge in [0.2, 0.25) is 5.91 Å².